The Labute approximate surface area is 103 Å². The average Bonchev–Trinajstić information content (AvgIpc) is 2.70. The normalized spacial score (nSPS) is 12.6. The molecule has 0 unspecified atom stereocenters. The van der Waals surface area contributed by atoms with Gasteiger partial charge in [-0.15, -0.1) is 0 Å². The van der Waals surface area contributed by atoms with Crippen LogP contribution < -0.4 is 11.4 Å². The zero-order valence-corrected chi connectivity index (χ0v) is 10.1. The minimum absolute atomic E-state index is 0.284. The topological polar surface area (TPSA) is 76.7 Å². The third-order valence-electron chi connectivity index (χ3n) is 2.54. The van der Waals surface area contributed by atoms with Gasteiger partial charge in [-0.1, -0.05) is 24.6 Å². The van der Waals surface area contributed by atoms with E-state index in [9.17, 15) is 4.79 Å². The second-order valence-electron chi connectivity index (χ2n) is 3.72. The lowest BCUT2D eigenvalue weighted by Crippen LogP contribution is -2.21. The van der Waals surface area contributed by atoms with Crippen LogP contribution in [0.1, 0.15) is 25.2 Å². The number of aromatic nitrogens is 3. The molecule has 1 aromatic carbocycles. The molecule has 0 radical (unpaired) electrons. The predicted molar refractivity (Wildman–Crippen MR) is 66.4 cm³/mol. The van der Waals surface area contributed by atoms with E-state index < -0.39 is 0 Å². The Balaban J connectivity index is 2.58. The van der Waals surface area contributed by atoms with E-state index in [1.807, 2.05) is 6.92 Å². The summed E-state index contributed by atoms with van der Waals surface area (Å²) in [5.41, 5.74) is 6.26. The molecule has 1 heterocycles. The fourth-order valence-electron chi connectivity index (χ4n) is 1.61. The smallest absolute Gasteiger partial charge is 0.321 e. The Morgan fingerprint density at radius 2 is 2.35 bits per heavy atom. The second-order valence-corrected chi connectivity index (χ2v) is 4.15. The molecule has 0 saturated carbocycles. The number of hydrogen-bond acceptors (Lipinski definition) is 3. The lowest BCUT2D eigenvalue weighted by Gasteiger charge is -2.10. The number of aromatic amines is 1. The Kier molecular flexibility index (Phi) is 3.31. The maximum atomic E-state index is 11.7. The summed E-state index contributed by atoms with van der Waals surface area (Å²) < 4.78 is 1.44. The third-order valence-corrected chi connectivity index (χ3v) is 2.77. The number of H-pyrrole nitrogens is 1. The van der Waals surface area contributed by atoms with Crippen LogP contribution in [0.3, 0.4) is 0 Å². The molecule has 1 aromatic heterocycles. The highest BCUT2D eigenvalue weighted by Crippen LogP contribution is 2.17. The van der Waals surface area contributed by atoms with Crippen LogP contribution in [0.4, 0.5) is 0 Å². The summed E-state index contributed by atoms with van der Waals surface area (Å²) in [6.07, 6.45) is 0.699. The minimum Gasteiger partial charge on any atom is -0.321 e. The van der Waals surface area contributed by atoms with E-state index in [1.165, 1.54) is 4.57 Å². The van der Waals surface area contributed by atoms with Gasteiger partial charge < -0.3 is 5.73 Å². The molecule has 2 aromatic rings. The van der Waals surface area contributed by atoms with Crippen LogP contribution in [0.15, 0.2) is 29.1 Å². The first kappa shape index (κ1) is 11.9. The van der Waals surface area contributed by atoms with Gasteiger partial charge in [-0.25, -0.2) is 14.5 Å². The lowest BCUT2D eigenvalue weighted by molar-refractivity contribution is 0.631. The van der Waals surface area contributed by atoms with Gasteiger partial charge in [0, 0.05) is 5.02 Å². The number of nitrogens with two attached hydrogens (primary N) is 1. The van der Waals surface area contributed by atoms with Gasteiger partial charge in [-0.3, -0.25) is 0 Å². The molecule has 17 heavy (non-hydrogen) atoms. The molecule has 0 bridgehead atoms. The van der Waals surface area contributed by atoms with Crippen molar-refractivity contribution in [1.29, 1.82) is 0 Å². The van der Waals surface area contributed by atoms with Crippen molar-refractivity contribution < 1.29 is 0 Å². The van der Waals surface area contributed by atoms with Crippen molar-refractivity contribution in [1.82, 2.24) is 14.8 Å². The maximum absolute atomic E-state index is 11.7. The number of halogens is 1. The van der Waals surface area contributed by atoms with Gasteiger partial charge in [0.2, 0.25) is 0 Å². The van der Waals surface area contributed by atoms with Crippen molar-refractivity contribution in [2.75, 3.05) is 0 Å². The first-order chi connectivity index (χ1) is 8.13. The summed E-state index contributed by atoms with van der Waals surface area (Å²) in [5.74, 6) is 0.514. The largest absolute Gasteiger partial charge is 0.347 e. The standard InChI is InChI=1S/C11H13ClN4O/c1-2-9(13)10-14-15-11(17)16(10)8-5-3-4-7(12)6-8/h3-6,9H,2,13H2,1H3,(H,15,17)/t9-/m0/s1. The molecule has 1 atom stereocenters. The van der Waals surface area contributed by atoms with Crippen molar-refractivity contribution in [2.24, 2.45) is 5.73 Å². The Hall–Kier alpha value is -1.59. The molecule has 5 nitrogen and oxygen atoms in total. The molecule has 6 heteroatoms. The molecular weight excluding hydrogens is 240 g/mol. The van der Waals surface area contributed by atoms with Crippen LogP contribution in [0, 0.1) is 0 Å². The lowest BCUT2D eigenvalue weighted by atomic mass is 10.2. The first-order valence-electron chi connectivity index (χ1n) is 5.32. The van der Waals surface area contributed by atoms with E-state index in [0.717, 1.165) is 0 Å². The molecule has 0 amide bonds. The summed E-state index contributed by atoms with van der Waals surface area (Å²) in [4.78, 5) is 11.7. The molecule has 0 spiro atoms. The molecule has 3 N–H and O–H groups in total. The fraction of sp³-hybridized carbons (Fsp3) is 0.273. The van der Waals surface area contributed by atoms with Crippen molar-refractivity contribution >= 4 is 11.6 Å². The highest BCUT2D eigenvalue weighted by Gasteiger charge is 2.15. The Morgan fingerprint density at radius 3 is 3.00 bits per heavy atom. The van der Waals surface area contributed by atoms with Gasteiger partial charge in [0.15, 0.2) is 5.82 Å². The average molecular weight is 253 g/mol. The molecular formula is C11H13ClN4O. The van der Waals surface area contributed by atoms with E-state index in [-0.39, 0.29) is 11.7 Å². The summed E-state index contributed by atoms with van der Waals surface area (Å²) in [5, 5.41) is 6.92. The predicted octanol–water partition coefficient (Wildman–Crippen LogP) is 1.62. The summed E-state index contributed by atoms with van der Waals surface area (Å²) in [6, 6.07) is 6.72. The summed E-state index contributed by atoms with van der Waals surface area (Å²) in [7, 11) is 0. The van der Waals surface area contributed by atoms with Crippen LogP contribution >= 0.6 is 11.6 Å². The molecule has 0 fully saturated rings. The monoisotopic (exact) mass is 252 g/mol. The molecule has 0 aliphatic rings. The summed E-state index contributed by atoms with van der Waals surface area (Å²) in [6.45, 7) is 1.94. The number of rotatable bonds is 3. The molecule has 0 aliphatic carbocycles. The van der Waals surface area contributed by atoms with Crippen molar-refractivity contribution in [3.63, 3.8) is 0 Å². The number of hydrogen-bond donors (Lipinski definition) is 2. The van der Waals surface area contributed by atoms with Gasteiger partial charge >= 0.3 is 5.69 Å². The van der Waals surface area contributed by atoms with Gasteiger partial charge in [0.25, 0.3) is 0 Å². The minimum atomic E-state index is -0.314. The van der Waals surface area contributed by atoms with Gasteiger partial charge in [-0.2, -0.15) is 5.10 Å². The van der Waals surface area contributed by atoms with E-state index >= 15 is 0 Å². The van der Waals surface area contributed by atoms with E-state index in [0.29, 0.717) is 23.0 Å². The van der Waals surface area contributed by atoms with E-state index in [1.54, 1.807) is 24.3 Å². The first-order valence-corrected chi connectivity index (χ1v) is 5.70. The van der Waals surface area contributed by atoms with Crippen LogP contribution in [0.5, 0.6) is 0 Å². The second kappa shape index (κ2) is 4.73. The Morgan fingerprint density at radius 1 is 1.59 bits per heavy atom. The van der Waals surface area contributed by atoms with Gasteiger partial charge in [0.1, 0.15) is 0 Å². The van der Waals surface area contributed by atoms with Crippen LogP contribution in [-0.2, 0) is 0 Å². The SMILES string of the molecule is CC[C@H](N)c1n[nH]c(=O)n1-c1cccc(Cl)c1. The van der Waals surface area contributed by atoms with Crippen LogP contribution in [0.2, 0.25) is 5.02 Å². The van der Waals surface area contributed by atoms with Crippen LogP contribution in [0.25, 0.3) is 5.69 Å². The highest BCUT2D eigenvalue weighted by atomic mass is 35.5. The summed E-state index contributed by atoms with van der Waals surface area (Å²) >= 11 is 5.90. The zero-order valence-electron chi connectivity index (χ0n) is 9.35. The Bertz CT molecular complexity index is 575. The zero-order chi connectivity index (χ0) is 12.4. The van der Waals surface area contributed by atoms with Crippen molar-refractivity contribution in [3.8, 4) is 5.69 Å². The van der Waals surface area contributed by atoms with Crippen molar-refractivity contribution in [3.05, 3.63) is 45.6 Å². The molecule has 2 rings (SSSR count). The maximum Gasteiger partial charge on any atom is 0.347 e. The number of nitrogens with one attached hydrogen (secondary N) is 1. The van der Waals surface area contributed by atoms with Gasteiger partial charge in [0.05, 0.1) is 11.7 Å². The van der Waals surface area contributed by atoms with Crippen molar-refractivity contribution in [2.45, 2.75) is 19.4 Å². The third kappa shape index (κ3) is 2.25. The van der Waals surface area contributed by atoms with Crippen LogP contribution in [-0.4, -0.2) is 14.8 Å². The number of nitrogens with zero attached hydrogens (tertiary/aromatic N) is 2. The number of benzene rings is 1. The van der Waals surface area contributed by atoms with E-state index in [2.05, 4.69) is 10.2 Å². The highest BCUT2D eigenvalue weighted by molar-refractivity contribution is 6.30. The molecule has 90 valence electrons. The fourth-order valence-corrected chi connectivity index (χ4v) is 1.79. The van der Waals surface area contributed by atoms with Gasteiger partial charge in [-0.05, 0) is 24.6 Å². The van der Waals surface area contributed by atoms with E-state index in [4.69, 9.17) is 17.3 Å². The molecule has 0 aliphatic heterocycles. The molecule has 0 saturated heterocycles. The quantitative estimate of drug-likeness (QED) is 0.872.